The predicted octanol–water partition coefficient (Wildman–Crippen LogP) is 1.82. The quantitative estimate of drug-likeness (QED) is 0.765. The van der Waals surface area contributed by atoms with Crippen molar-refractivity contribution in [1.29, 1.82) is 0 Å². The molecular weight excluding hydrogens is 240 g/mol. The number of hydrogen-bond acceptors (Lipinski definition) is 4. The number of imidazole rings is 1. The van der Waals surface area contributed by atoms with Crippen LogP contribution in [0.2, 0.25) is 5.28 Å². The number of rotatable bonds is 2. The van der Waals surface area contributed by atoms with Gasteiger partial charge in [-0.3, -0.25) is 0 Å². The van der Waals surface area contributed by atoms with Crippen LogP contribution in [0.3, 0.4) is 0 Å². The minimum absolute atomic E-state index is 0.277. The van der Waals surface area contributed by atoms with Crippen LogP contribution in [-0.4, -0.2) is 32.7 Å². The SMILES string of the molecule is Cc1nc(Cl)nc2c1ncn2CC1CCOC1. The smallest absolute Gasteiger partial charge is 0.224 e. The van der Waals surface area contributed by atoms with Crippen molar-refractivity contribution in [3.8, 4) is 0 Å². The van der Waals surface area contributed by atoms with Gasteiger partial charge in [0.25, 0.3) is 0 Å². The Balaban J connectivity index is 1.99. The van der Waals surface area contributed by atoms with Crippen LogP contribution in [0.25, 0.3) is 11.2 Å². The first-order valence-electron chi connectivity index (χ1n) is 5.67. The van der Waals surface area contributed by atoms with Crippen LogP contribution < -0.4 is 0 Å². The molecule has 3 heterocycles. The summed E-state index contributed by atoms with van der Waals surface area (Å²) >= 11 is 5.88. The second-order valence-corrected chi connectivity index (χ2v) is 4.71. The lowest BCUT2D eigenvalue weighted by Crippen LogP contribution is -2.10. The lowest BCUT2D eigenvalue weighted by molar-refractivity contribution is 0.182. The predicted molar refractivity (Wildman–Crippen MR) is 64.0 cm³/mol. The van der Waals surface area contributed by atoms with Crippen molar-refractivity contribution in [1.82, 2.24) is 19.5 Å². The summed E-state index contributed by atoms with van der Waals surface area (Å²) in [6, 6.07) is 0. The summed E-state index contributed by atoms with van der Waals surface area (Å²) in [7, 11) is 0. The van der Waals surface area contributed by atoms with Gasteiger partial charge in [-0.05, 0) is 24.9 Å². The molecule has 1 aliphatic heterocycles. The van der Waals surface area contributed by atoms with Gasteiger partial charge < -0.3 is 9.30 Å². The summed E-state index contributed by atoms with van der Waals surface area (Å²) in [6.45, 7) is 4.44. The summed E-state index contributed by atoms with van der Waals surface area (Å²) in [5.74, 6) is 0.543. The first-order valence-corrected chi connectivity index (χ1v) is 6.04. The monoisotopic (exact) mass is 252 g/mol. The van der Waals surface area contributed by atoms with Crippen LogP contribution in [0, 0.1) is 12.8 Å². The fourth-order valence-corrected chi connectivity index (χ4v) is 2.40. The molecule has 1 aliphatic rings. The van der Waals surface area contributed by atoms with E-state index < -0.39 is 0 Å². The molecule has 0 spiro atoms. The first kappa shape index (κ1) is 10.9. The van der Waals surface area contributed by atoms with E-state index in [0.29, 0.717) is 5.92 Å². The topological polar surface area (TPSA) is 52.8 Å². The summed E-state index contributed by atoms with van der Waals surface area (Å²) in [4.78, 5) is 12.7. The number of hydrogen-bond donors (Lipinski definition) is 0. The van der Waals surface area contributed by atoms with Gasteiger partial charge >= 0.3 is 0 Å². The van der Waals surface area contributed by atoms with E-state index in [1.54, 1.807) is 6.33 Å². The minimum Gasteiger partial charge on any atom is -0.381 e. The summed E-state index contributed by atoms with van der Waals surface area (Å²) < 4.78 is 7.41. The molecule has 0 aliphatic carbocycles. The van der Waals surface area contributed by atoms with Crippen LogP contribution >= 0.6 is 11.6 Å². The molecule has 0 amide bonds. The number of fused-ring (bicyclic) bond motifs is 1. The van der Waals surface area contributed by atoms with Gasteiger partial charge in [0, 0.05) is 19.1 Å². The third-order valence-electron chi connectivity index (χ3n) is 3.09. The fourth-order valence-electron chi connectivity index (χ4n) is 2.19. The third-order valence-corrected chi connectivity index (χ3v) is 3.26. The molecule has 3 rings (SSSR count). The average molecular weight is 253 g/mol. The van der Waals surface area contributed by atoms with Crippen molar-refractivity contribution in [2.75, 3.05) is 13.2 Å². The van der Waals surface area contributed by atoms with E-state index >= 15 is 0 Å². The first-order chi connectivity index (χ1) is 8.24. The van der Waals surface area contributed by atoms with Gasteiger partial charge in [0.1, 0.15) is 5.52 Å². The van der Waals surface area contributed by atoms with Gasteiger partial charge in [-0.15, -0.1) is 0 Å². The number of nitrogens with zero attached hydrogens (tertiary/aromatic N) is 4. The largest absolute Gasteiger partial charge is 0.381 e. The Morgan fingerprint density at radius 1 is 1.53 bits per heavy atom. The van der Waals surface area contributed by atoms with Crippen LogP contribution in [0.4, 0.5) is 0 Å². The molecule has 0 aromatic carbocycles. The van der Waals surface area contributed by atoms with Gasteiger partial charge in [-0.1, -0.05) is 0 Å². The molecule has 1 fully saturated rings. The van der Waals surface area contributed by atoms with Gasteiger partial charge in [0.15, 0.2) is 5.65 Å². The molecule has 1 atom stereocenters. The molecule has 0 saturated carbocycles. The van der Waals surface area contributed by atoms with Gasteiger partial charge in [0.05, 0.1) is 18.6 Å². The number of ether oxygens (including phenoxy) is 1. The Morgan fingerprint density at radius 3 is 3.18 bits per heavy atom. The van der Waals surface area contributed by atoms with Gasteiger partial charge in [-0.2, -0.15) is 4.98 Å². The highest BCUT2D eigenvalue weighted by Crippen LogP contribution is 2.20. The molecule has 6 heteroatoms. The molecule has 0 N–H and O–H groups in total. The normalized spacial score (nSPS) is 20.2. The Labute approximate surface area is 104 Å². The zero-order valence-corrected chi connectivity index (χ0v) is 10.3. The zero-order chi connectivity index (χ0) is 11.8. The van der Waals surface area contributed by atoms with E-state index in [-0.39, 0.29) is 5.28 Å². The maximum atomic E-state index is 5.88. The van der Waals surface area contributed by atoms with E-state index in [9.17, 15) is 0 Å². The molecule has 0 bridgehead atoms. The Morgan fingerprint density at radius 2 is 2.41 bits per heavy atom. The maximum Gasteiger partial charge on any atom is 0.224 e. The van der Waals surface area contributed by atoms with E-state index in [1.807, 2.05) is 11.5 Å². The van der Waals surface area contributed by atoms with E-state index in [4.69, 9.17) is 16.3 Å². The van der Waals surface area contributed by atoms with Crippen LogP contribution in [-0.2, 0) is 11.3 Å². The van der Waals surface area contributed by atoms with Crippen LogP contribution in [0.5, 0.6) is 0 Å². The standard InChI is InChI=1S/C11H13ClN4O/c1-7-9-10(15-11(12)14-7)16(6-13-9)4-8-2-3-17-5-8/h6,8H,2-5H2,1H3. The van der Waals surface area contributed by atoms with Crippen molar-refractivity contribution in [2.24, 2.45) is 5.92 Å². The molecule has 1 saturated heterocycles. The van der Waals surface area contributed by atoms with Crippen molar-refractivity contribution in [3.63, 3.8) is 0 Å². The Kier molecular flexibility index (Phi) is 2.72. The highest BCUT2D eigenvalue weighted by Gasteiger charge is 2.18. The lowest BCUT2D eigenvalue weighted by Gasteiger charge is -2.08. The van der Waals surface area contributed by atoms with Crippen LogP contribution in [0.15, 0.2) is 6.33 Å². The lowest BCUT2D eigenvalue weighted by atomic mass is 10.1. The Hall–Kier alpha value is -1.20. The average Bonchev–Trinajstić information content (AvgIpc) is 2.89. The molecule has 2 aromatic rings. The fraction of sp³-hybridized carbons (Fsp3) is 0.545. The molecule has 17 heavy (non-hydrogen) atoms. The van der Waals surface area contributed by atoms with E-state index in [1.165, 1.54) is 0 Å². The van der Waals surface area contributed by atoms with E-state index in [2.05, 4.69) is 15.0 Å². The van der Waals surface area contributed by atoms with Gasteiger partial charge in [-0.25, -0.2) is 9.97 Å². The second-order valence-electron chi connectivity index (χ2n) is 4.38. The number of aryl methyl sites for hydroxylation is 1. The molecule has 5 nitrogen and oxygen atoms in total. The highest BCUT2D eigenvalue weighted by molar-refractivity contribution is 6.28. The zero-order valence-electron chi connectivity index (χ0n) is 9.56. The minimum atomic E-state index is 0.277. The summed E-state index contributed by atoms with van der Waals surface area (Å²) in [6.07, 6.45) is 2.90. The maximum absolute atomic E-state index is 5.88. The molecular formula is C11H13ClN4O. The summed E-state index contributed by atoms with van der Waals surface area (Å²) in [5, 5.41) is 0.277. The number of halogens is 1. The van der Waals surface area contributed by atoms with Crippen LogP contribution in [0.1, 0.15) is 12.1 Å². The Bertz CT molecular complexity index is 548. The molecule has 0 radical (unpaired) electrons. The number of aromatic nitrogens is 4. The summed E-state index contributed by atoms with van der Waals surface area (Å²) in [5.41, 5.74) is 2.46. The molecule has 90 valence electrons. The molecule has 1 unspecified atom stereocenters. The third kappa shape index (κ3) is 2.00. The highest BCUT2D eigenvalue weighted by atomic mass is 35.5. The van der Waals surface area contributed by atoms with Crippen molar-refractivity contribution in [2.45, 2.75) is 19.9 Å². The second kappa shape index (κ2) is 4.23. The van der Waals surface area contributed by atoms with Crippen molar-refractivity contribution < 1.29 is 4.74 Å². The van der Waals surface area contributed by atoms with Crippen molar-refractivity contribution in [3.05, 3.63) is 17.3 Å². The molecule has 2 aromatic heterocycles. The van der Waals surface area contributed by atoms with Crippen molar-refractivity contribution >= 4 is 22.8 Å². The van der Waals surface area contributed by atoms with E-state index in [0.717, 1.165) is 43.0 Å². The van der Waals surface area contributed by atoms with Gasteiger partial charge in [0.2, 0.25) is 5.28 Å².